The van der Waals surface area contributed by atoms with Crippen LogP contribution >= 0.6 is 0 Å². The monoisotopic (exact) mass is 301 g/mol. The third kappa shape index (κ3) is 2.26. The van der Waals surface area contributed by atoms with Crippen molar-refractivity contribution in [2.24, 2.45) is 17.3 Å². The SMILES string of the molecule is CC1(C)[C@H](C(=O)O)[C@H]1C(=O)Nc1ccc2oc(=O)ccc2c1. The third-order valence-electron chi connectivity index (χ3n) is 4.26. The molecule has 1 heterocycles. The summed E-state index contributed by atoms with van der Waals surface area (Å²) >= 11 is 0. The molecule has 1 aliphatic carbocycles. The van der Waals surface area contributed by atoms with Gasteiger partial charge in [0.2, 0.25) is 5.91 Å². The van der Waals surface area contributed by atoms with Gasteiger partial charge in [0.05, 0.1) is 11.8 Å². The summed E-state index contributed by atoms with van der Waals surface area (Å²) in [5.41, 5.74) is -0.00769. The second-order valence-corrected chi connectivity index (χ2v) is 6.11. The number of fused-ring (bicyclic) bond motifs is 1. The quantitative estimate of drug-likeness (QED) is 0.846. The number of carboxylic acid groups (broad SMARTS) is 1. The molecule has 1 aliphatic rings. The van der Waals surface area contributed by atoms with E-state index in [1.807, 2.05) is 0 Å². The van der Waals surface area contributed by atoms with Crippen LogP contribution in [0.3, 0.4) is 0 Å². The normalized spacial score (nSPS) is 22.3. The maximum atomic E-state index is 12.2. The molecule has 1 fully saturated rings. The second kappa shape index (κ2) is 4.69. The Labute approximate surface area is 125 Å². The van der Waals surface area contributed by atoms with Crippen LogP contribution in [-0.2, 0) is 9.59 Å². The number of amides is 1. The van der Waals surface area contributed by atoms with Crippen LogP contribution < -0.4 is 10.9 Å². The van der Waals surface area contributed by atoms with Gasteiger partial charge in [-0.05, 0) is 29.7 Å². The van der Waals surface area contributed by atoms with Crippen molar-refractivity contribution in [2.75, 3.05) is 5.32 Å². The van der Waals surface area contributed by atoms with E-state index < -0.39 is 28.8 Å². The molecule has 1 amide bonds. The van der Waals surface area contributed by atoms with Crippen LogP contribution in [0.1, 0.15) is 13.8 Å². The van der Waals surface area contributed by atoms with Gasteiger partial charge in [-0.2, -0.15) is 0 Å². The summed E-state index contributed by atoms with van der Waals surface area (Å²) in [4.78, 5) is 34.5. The number of carboxylic acids is 1. The fraction of sp³-hybridized carbons (Fsp3) is 0.312. The lowest BCUT2D eigenvalue weighted by Gasteiger charge is -2.07. The van der Waals surface area contributed by atoms with Crippen LogP contribution in [-0.4, -0.2) is 17.0 Å². The van der Waals surface area contributed by atoms with E-state index in [2.05, 4.69) is 5.32 Å². The predicted molar refractivity (Wildman–Crippen MR) is 79.5 cm³/mol. The molecule has 3 rings (SSSR count). The number of carbonyl (C=O) groups is 2. The van der Waals surface area contributed by atoms with E-state index in [0.717, 1.165) is 0 Å². The summed E-state index contributed by atoms with van der Waals surface area (Å²) < 4.78 is 5.02. The first-order valence-corrected chi connectivity index (χ1v) is 6.88. The molecule has 0 radical (unpaired) electrons. The van der Waals surface area contributed by atoms with Crippen molar-refractivity contribution in [2.45, 2.75) is 13.8 Å². The largest absolute Gasteiger partial charge is 0.481 e. The van der Waals surface area contributed by atoms with E-state index in [1.165, 1.54) is 6.07 Å². The Bertz CT molecular complexity index is 836. The number of carbonyl (C=O) groups excluding carboxylic acids is 1. The lowest BCUT2D eigenvalue weighted by molar-refractivity contribution is -0.140. The van der Waals surface area contributed by atoms with E-state index in [-0.39, 0.29) is 5.91 Å². The average Bonchev–Trinajstić information content (AvgIpc) is 3.02. The van der Waals surface area contributed by atoms with Gasteiger partial charge in [0.1, 0.15) is 5.58 Å². The highest BCUT2D eigenvalue weighted by molar-refractivity contribution is 6.00. The number of hydrogen-bond acceptors (Lipinski definition) is 4. The van der Waals surface area contributed by atoms with Gasteiger partial charge in [-0.1, -0.05) is 13.8 Å². The molecule has 0 aliphatic heterocycles. The summed E-state index contributed by atoms with van der Waals surface area (Å²) in [6.07, 6.45) is 0. The van der Waals surface area contributed by atoms with Crippen molar-refractivity contribution in [1.82, 2.24) is 0 Å². The van der Waals surface area contributed by atoms with Gasteiger partial charge in [0.15, 0.2) is 0 Å². The minimum atomic E-state index is -0.953. The first kappa shape index (κ1) is 14.3. The molecule has 22 heavy (non-hydrogen) atoms. The van der Waals surface area contributed by atoms with Crippen LogP contribution in [0.15, 0.2) is 39.5 Å². The Morgan fingerprint density at radius 3 is 2.55 bits per heavy atom. The Morgan fingerprint density at radius 1 is 1.18 bits per heavy atom. The minimum absolute atomic E-state index is 0.311. The van der Waals surface area contributed by atoms with Gasteiger partial charge >= 0.3 is 11.6 Å². The van der Waals surface area contributed by atoms with Gasteiger partial charge in [-0.25, -0.2) is 4.79 Å². The summed E-state index contributed by atoms with van der Waals surface area (Å²) in [6, 6.07) is 7.81. The number of benzene rings is 1. The van der Waals surface area contributed by atoms with E-state index in [1.54, 1.807) is 38.1 Å². The zero-order chi connectivity index (χ0) is 16.1. The molecule has 2 aromatic rings. The maximum absolute atomic E-state index is 12.2. The first-order chi connectivity index (χ1) is 10.3. The van der Waals surface area contributed by atoms with Crippen molar-refractivity contribution in [3.8, 4) is 0 Å². The zero-order valence-electron chi connectivity index (χ0n) is 12.1. The van der Waals surface area contributed by atoms with E-state index in [9.17, 15) is 14.4 Å². The standard InChI is InChI=1S/C16H15NO5/c1-16(2)12(13(16)15(20)21)14(19)17-9-4-5-10-8(7-9)3-6-11(18)22-10/h3-7,12-13H,1-2H3,(H,17,19)(H,20,21)/t12-,13-/m0/s1. The summed E-state index contributed by atoms with van der Waals surface area (Å²) in [5.74, 6) is -2.47. The van der Waals surface area contributed by atoms with Crippen molar-refractivity contribution in [3.05, 3.63) is 40.8 Å². The van der Waals surface area contributed by atoms with Gasteiger partial charge < -0.3 is 14.8 Å². The van der Waals surface area contributed by atoms with Crippen LogP contribution in [0.4, 0.5) is 5.69 Å². The van der Waals surface area contributed by atoms with Crippen molar-refractivity contribution < 1.29 is 19.1 Å². The molecule has 0 saturated heterocycles. The van der Waals surface area contributed by atoms with E-state index in [4.69, 9.17) is 9.52 Å². The highest BCUT2D eigenvalue weighted by atomic mass is 16.4. The van der Waals surface area contributed by atoms with Gasteiger partial charge in [-0.3, -0.25) is 9.59 Å². The highest BCUT2D eigenvalue weighted by Crippen LogP contribution is 2.58. The molecule has 1 aromatic carbocycles. The van der Waals surface area contributed by atoms with Gasteiger partial charge in [0, 0.05) is 17.1 Å². The van der Waals surface area contributed by atoms with Crippen LogP contribution in [0.5, 0.6) is 0 Å². The summed E-state index contributed by atoms with van der Waals surface area (Å²) in [7, 11) is 0. The molecule has 0 bridgehead atoms. The number of hydrogen-bond donors (Lipinski definition) is 2. The molecule has 6 heteroatoms. The van der Waals surface area contributed by atoms with E-state index in [0.29, 0.717) is 16.7 Å². The third-order valence-corrected chi connectivity index (χ3v) is 4.26. The summed E-state index contributed by atoms with van der Waals surface area (Å²) in [6.45, 7) is 3.54. The Balaban J connectivity index is 1.82. The Morgan fingerprint density at radius 2 is 1.91 bits per heavy atom. The number of anilines is 1. The molecule has 1 saturated carbocycles. The Hall–Kier alpha value is -2.63. The predicted octanol–water partition coefficient (Wildman–Crippen LogP) is 2.09. The zero-order valence-corrected chi connectivity index (χ0v) is 12.1. The number of rotatable bonds is 3. The second-order valence-electron chi connectivity index (χ2n) is 6.11. The fourth-order valence-electron chi connectivity index (χ4n) is 2.96. The number of nitrogens with one attached hydrogen (secondary N) is 1. The minimum Gasteiger partial charge on any atom is -0.481 e. The summed E-state index contributed by atoms with van der Waals surface area (Å²) in [5, 5.41) is 12.5. The van der Waals surface area contributed by atoms with Crippen molar-refractivity contribution in [3.63, 3.8) is 0 Å². The highest BCUT2D eigenvalue weighted by Gasteiger charge is 2.65. The molecule has 0 unspecified atom stereocenters. The van der Waals surface area contributed by atoms with Gasteiger partial charge in [0.25, 0.3) is 0 Å². The average molecular weight is 301 g/mol. The van der Waals surface area contributed by atoms with Crippen LogP contribution in [0, 0.1) is 17.3 Å². The van der Waals surface area contributed by atoms with Crippen molar-refractivity contribution in [1.29, 1.82) is 0 Å². The molecule has 1 aromatic heterocycles. The molecule has 2 atom stereocenters. The maximum Gasteiger partial charge on any atom is 0.336 e. The molecule has 2 N–H and O–H groups in total. The molecular weight excluding hydrogens is 286 g/mol. The molecular formula is C16H15NO5. The molecule has 6 nitrogen and oxygen atoms in total. The first-order valence-electron chi connectivity index (χ1n) is 6.88. The topological polar surface area (TPSA) is 96.6 Å². The lowest BCUT2D eigenvalue weighted by Crippen LogP contribution is -2.17. The number of aliphatic carboxylic acids is 1. The van der Waals surface area contributed by atoms with Crippen LogP contribution in [0.2, 0.25) is 0 Å². The fourth-order valence-corrected chi connectivity index (χ4v) is 2.96. The van der Waals surface area contributed by atoms with E-state index >= 15 is 0 Å². The Kier molecular flexibility index (Phi) is 3.05. The van der Waals surface area contributed by atoms with Crippen LogP contribution in [0.25, 0.3) is 11.0 Å². The van der Waals surface area contributed by atoms with Crippen molar-refractivity contribution >= 4 is 28.5 Å². The molecule has 114 valence electrons. The molecule has 0 spiro atoms. The smallest absolute Gasteiger partial charge is 0.336 e. The lowest BCUT2D eigenvalue weighted by atomic mass is 10.1. The van der Waals surface area contributed by atoms with Gasteiger partial charge in [-0.15, -0.1) is 0 Å².